The van der Waals surface area contributed by atoms with Gasteiger partial charge in [-0.3, -0.25) is 14.5 Å². The fourth-order valence-electron chi connectivity index (χ4n) is 4.06. The van der Waals surface area contributed by atoms with Crippen LogP contribution in [-0.2, 0) is 4.79 Å². The molecule has 3 rings (SSSR count). The Balaban J connectivity index is 1.59. The van der Waals surface area contributed by atoms with Crippen LogP contribution in [-0.4, -0.2) is 59.6 Å². The lowest BCUT2D eigenvalue weighted by Crippen LogP contribution is -2.49. The highest BCUT2D eigenvalue weighted by Gasteiger charge is 2.28. The lowest BCUT2D eigenvalue weighted by Gasteiger charge is -2.39. The van der Waals surface area contributed by atoms with E-state index in [9.17, 15) is 14.7 Å². The summed E-state index contributed by atoms with van der Waals surface area (Å²) >= 11 is 0. The molecule has 0 bridgehead atoms. The maximum atomic E-state index is 13.0. The van der Waals surface area contributed by atoms with Crippen LogP contribution in [0.25, 0.3) is 0 Å². The van der Waals surface area contributed by atoms with Crippen molar-refractivity contribution in [3.8, 4) is 5.75 Å². The molecule has 1 heterocycles. The molecule has 172 valence electrons. The van der Waals surface area contributed by atoms with E-state index in [4.69, 9.17) is 4.74 Å². The first-order chi connectivity index (χ1) is 15.5. The summed E-state index contributed by atoms with van der Waals surface area (Å²) in [7, 11) is 0. The highest BCUT2D eigenvalue weighted by Crippen LogP contribution is 2.28. The van der Waals surface area contributed by atoms with Gasteiger partial charge in [-0.1, -0.05) is 43.2 Å². The minimum absolute atomic E-state index is 0.0298. The molecule has 0 unspecified atom stereocenters. The zero-order valence-electron chi connectivity index (χ0n) is 19.1. The largest absolute Gasteiger partial charge is 0.494 e. The van der Waals surface area contributed by atoms with Crippen molar-refractivity contribution in [2.24, 2.45) is 0 Å². The van der Waals surface area contributed by atoms with Crippen LogP contribution in [0.1, 0.15) is 60.1 Å². The summed E-state index contributed by atoms with van der Waals surface area (Å²) in [6.45, 7) is 7.57. The smallest absolute Gasteiger partial charge is 0.303 e. The first-order valence-electron chi connectivity index (χ1n) is 11.5. The quantitative estimate of drug-likeness (QED) is 0.552. The third kappa shape index (κ3) is 6.57. The number of rotatable bonds is 10. The van der Waals surface area contributed by atoms with E-state index in [0.717, 1.165) is 37.2 Å². The van der Waals surface area contributed by atoms with Crippen molar-refractivity contribution in [3.63, 3.8) is 0 Å². The zero-order valence-corrected chi connectivity index (χ0v) is 19.1. The minimum atomic E-state index is -0.780. The number of benzene rings is 2. The summed E-state index contributed by atoms with van der Waals surface area (Å²) in [5.74, 6) is 0.0411. The summed E-state index contributed by atoms with van der Waals surface area (Å²) in [6.07, 6.45) is 2.79. The van der Waals surface area contributed by atoms with E-state index < -0.39 is 5.97 Å². The van der Waals surface area contributed by atoms with Crippen LogP contribution in [0.4, 0.5) is 0 Å². The average molecular weight is 439 g/mol. The predicted octanol–water partition coefficient (Wildman–Crippen LogP) is 4.54. The van der Waals surface area contributed by atoms with Gasteiger partial charge < -0.3 is 14.7 Å². The molecule has 0 spiro atoms. The second-order valence-corrected chi connectivity index (χ2v) is 8.41. The van der Waals surface area contributed by atoms with Crippen LogP contribution in [0, 0.1) is 6.92 Å². The van der Waals surface area contributed by atoms with Crippen molar-refractivity contribution in [1.82, 2.24) is 9.80 Å². The Bertz CT molecular complexity index is 872. The number of carboxylic acid groups (broad SMARTS) is 1. The molecule has 1 amide bonds. The van der Waals surface area contributed by atoms with Gasteiger partial charge in [0.25, 0.3) is 5.91 Å². The molecular weight excluding hydrogens is 404 g/mol. The van der Waals surface area contributed by atoms with Gasteiger partial charge in [0.05, 0.1) is 6.61 Å². The van der Waals surface area contributed by atoms with Crippen LogP contribution in [0.5, 0.6) is 5.75 Å². The van der Waals surface area contributed by atoms with Gasteiger partial charge in [-0.05, 0) is 49.6 Å². The van der Waals surface area contributed by atoms with Crippen LogP contribution in [0.2, 0.25) is 0 Å². The molecule has 6 nitrogen and oxygen atoms in total. The number of aryl methyl sites for hydroxylation is 1. The van der Waals surface area contributed by atoms with E-state index in [1.54, 1.807) is 0 Å². The van der Waals surface area contributed by atoms with Crippen molar-refractivity contribution in [2.45, 2.75) is 45.6 Å². The van der Waals surface area contributed by atoms with E-state index in [2.05, 4.69) is 36.1 Å². The monoisotopic (exact) mass is 438 g/mol. The molecule has 1 aliphatic heterocycles. The van der Waals surface area contributed by atoms with E-state index in [0.29, 0.717) is 31.7 Å². The lowest BCUT2D eigenvalue weighted by atomic mass is 9.98. The molecule has 2 aromatic rings. The number of hydrogen-bond acceptors (Lipinski definition) is 4. The fraction of sp³-hybridized carbons (Fsp3) is 0.462. The number of aliphatic carboxylic acids is 1. The van der Waals surface area contributed by atoms with Crippen molar-refractivity contribution in [1.29, 1.82) is 0 Å². The number of piperazine rings is 1. The molecule has 1 N–H and O–H groups in total. The van der Waals surface area contributed by atoms with Crippen molar-refractivity contribution in [3.05, 3.63) is 65.2 Å². The molecule has 0 aliphatic carbocycles. The molecule has 1 fully saturated rings. The Morgan fingerprint density at radius 2 is 1.66 bits per heavy atom. The average Bonchev–Trinajstić information content (AvgIpc) is 2.81. The van der Waals surface area contributed by atoms with E-state index in [1.807, 2.05) is 36.1 Å². The number of hydrogen-bond donors (Lipinski definition) is 1. The van der Waals surface area contributed by atoms with Crippen LogP contribution < -0.4 is 4.74 Å². The SMILES string of the molecule is CCCCOc1ccc(C(=O)N2CCN([C@@H](CCC(=O)O)c3ccc(C)cc3)CC2)cc1. The number of carbonyl (C=O) groups excluding carboxylic acids is 1. The predicted molar refractivity (Wildman–Crippen MR) is 125 cm³/mol. The summed E-state index contributed by atoms with van der Waals surface area (Å²) in [4.78, 5) is 28.3. The van der Waals surface area contributed by atoms with E-state index >= 15 is 0 Å². The first kappa shape index (κ1) is 23.8. The number of nitrogens with zero attached hydrogens (tertiary/aromatic N) is 2. The Labute approximate surface area is 190 Å². The third-order valence-electron chi connectivity index (χ3n) is 6.00. The zero-order chi connectivity index (χ0) is 22.9. The molecule has 0 saturated carbocycles. The Morgan fingerprint density at radius 1 is 1.00 bits per heavy atom. The number of ether oxygens (including phenoxy) is 1. The lowest BCUT2D eigenvalue weighted by molar-refractivity contribution is -0.137. The molecule has 1 aliphatic rings. The maximum absolute atomic E-state index is 13.0. The minimum Gasteiger partial charge on any atom is -0.494 e. The Hall–Kier alpha value is -2.86. The molecule has 0 aromatic heterocycles. The van der Waals surface area contributed by atoms with Gasteiger partial charge in [0.1, 0.15) is 5.75 Å². The fourth-order valence-corrected chi connectivity index (χ4v) is 4.06. The van der Waals surface area contributed by atoms with Crippen LogP contribution >= 0.6 is 0 Å². The Morgan fingerprint density at radius 3 is 2.25 bits per heavy atom. The first-order valence-corrected chi connectivity index (χ1v) is 11.5. The van der Waals surface area contributed by atoms with Crippen molar-refractivity contribution in [2.75, 3.05) is 32.8 Å². The van der Waals surface area contributed by atoms with Crippen molar-refractivity contribution >= 4 is 11.9 Å². The maximum Gasteiger partial charge on any atom is 0.303 e. The number of amides is 1. The topological polar surface area (TPSA) is 70.1 Å². The molecule has 1 saturated heterocycles. The summed E-state index contributed by atoms with van der Waals surface area (Å²) in [6, 6.07) is 15.7. The van der Waals surface area contributed by atoms with Gasteiger partial charge in [0.15, 0.2) is 0 Å². The summed E-state index contributed by atoms with van der Waals surface area (Å²) in [5.41, 5.74) is 2.99. The number of carbonyl (C=O) groups is 2. The molecule has 32 heavy (non-hydrogen) atoms. The molecular formula is C26H34N2O4. The molecule has 0 radical (unpaired) electrons. The number of carboxylic acids is 1. The number of unbranched alkanes of at least 4 members (excludes halogenated alkanes) is 1. The molecule has 6 heteroatoms. The Kier molecular flexibility index (Phi) is 8.68. The van der Waals surface area contributed by atoms with Gasteiger partial charge in [-0.25, -0.2) is 0 Å². The van der Waals surface area contributed by atoms with Crippen LogP contribution in [0.15, 0.2) is 48.5 Å². The van der Waals surface area contributed by atoms with Crippen molar-refractivity contribution < 1.29 is 19.4 Å². The summed E-state index contributed by atoms with van der Waals surface area (Å²) < 4.78 is 5.68. The van der Waals surface area contributed by atoms with E-state index in [1.165, 1.54) is 5.56 Å². The van der Waals surface area contributed by atoms with Gasteiger partial charge in [-0.15, -0.1) is 0 Å². The van der Waals surface area contributed by atoms with Gasteiger partial charge >= 0.3 is 5.97 Å². The third-order valence-corrected chi connectivity index (χ3v) is 6.00. The van der Waals surface area contributed by atoms with Crippen LogP contribution in [0.3, 0.4) is 0 Å². The van der Waals surface area contributed by atoms with Gasteiger partial charge in [0.2, 0.25) is 0 Å². The second kappa shape index (κ2) is 11.7. The second-order valence-electron chi connectivity index (χ2n) is 8.41. The highest BCUT2D eigenvalue weighted by molar-refractivity contribution is 5.94. The molecule has 2 aromatic carbocycles. The van der Waals surface area contributed by atoms with E-state index in [-0.39, 0.29) is 18.4 Å². The normalized spacial score (nSPS) is 15.4. The highest BCUT2D eigenvalue weighted by atomic mass is 16.5. The standard InChI is InChI=1S/C26H34N2O4/c1-3-4-19-32-23-11-9-22(10-12-23)26(31)28-17-15-27(16-18-28)24(13-14-25(29)30)21-7-5-20(2)6-8-21/h5-12,24H,3-4,13-19H2,1-2H3,(H,29,30)/t24-/m0/s1. The van der Waals surface area contributed by atoms with Gasteiger partial charge in [0, 0.05) is 44.2 Å². The summed E-state index contributed by atoms with van der Waals surface area (Å²) in [5, 5.41) is 9.19. The van der Waals surface area contributed by atoms with Gasteiger partial charge in [-0.2, -0.15) is 0 Å². The molecule has 1 atom stereocenters.